The molecule has 1 aliphatic rings. The van der Waals surface area contributed by atoms with Gasteiger partial charge >= 0.3 is 0 Å². The summed E-state index contributed by atoms with van der Waals surface area (Å²) >= 11 is 13.5. The molecule has 2 amide bonds. The van der Waals surface area contributed by atoms with Crippen molar-refractivity contribution in [2.75, 3.05) is 13.7 Å². The van der Waals surface area contributed by atoms with E-state index in [0.29, 0.717) is 15.1 Å². The number of carbonyl (C=O) groups excluding carboxylic acids is 2. The van der Waals surface area contributed by atoms with Gasteiger partial charge in [-0.3, -0.25) is 9.59 Å². The molecule has 4 rings (SSSR count). The third-order valence-corrected chi connectivity index (χ3v) is 7.00. The molecule has 0 radical (unpaired) electrons. The molecule has 4 N–H and O–H groups in total. The zero-order chi connectivity index (χ0) is 24.2. The first-order valence-corrected chi connectivity index (χ1v) is 12.1. The third kappa shape index (κ3) is 6.94. The van der Waals surface area contributed by atoms with Gasteiger partial charge in [0.1, 0.15) is 10.0 Å². The molecule has 0 atom stereocenters. The molecule has 0 saturated carbocycles. The number of carbonyl (C=O) groups is 2. The van der Waals surface area contributed by atoms with Gasteiger partial charge in [0.05, 0.1) is 28.3 Å². The van der Waals surface area contributed by atoms with Crippen LogP contribution in [-0.4, -0.2) is 47.4 Å². The highest BCUT2D eigenvalue weighted by molar-refractivity contribution is 7.23. The van der Waals surface area contributed by atoms with Crippen LogP contribution in [0.25, 0.3) is 10.2 Å². The zero-order valence-corrected chi connectivity index (χ0v) is 21.0. The van der Waals surface area contributed by atoms with Gasteiger partial charge in [-0.15, -0.1) is 11.3 Å². The van der Waals surface area contributed by atoms with E-state index in [-0.39, 0.29) is 30.9 Å². The summed E-state index contributed by atoms with van der Waals surface area (Å²) in [6.45, 7) is 3.29. The summed E-state index contributed by atoms with van der Waals surface area (Å²) in [5.41, 5.74) is 3.89. The van der Waals surface area contributed by atoms with Crippen molar-refractivity contribution in [3.63, 3.8) is 0 Å². The quantitative estimate of drug-likeness (QED) is 0.370. The average molecular weight is 512 g/mol. The minimum atomic E-state index is -1.14. The molecule has 0 spiro atoms. The highest BCUT2D eigenvalue weighted by Gasteiger charge is 2.24. The molecule has 2 heterocycles. The number of H-pyrrole nitrogens is 1. The second-order valence-electron chi connectivity index (χ2n) is 8.18. The lowest BCUT2D eigenvalue weighted by molar-refractivity contribution is -0.177. The number of thiophene rings is 1. The number of aromatic amines is 1. The lowest BCUT2D eigenvalue weighted by Gasteiger charge is -2.17. The first-order chi connectivity index (χ1) is 15.6. The number of nitrogens with one attached hydrogen (secondary N) is 3. The molecule has 0 unspecified atom stereocenters. The standard InChI is InChI=1S/C16H12Cl2N2OS.C7H15NO3/c17-13-14-12(22-15(13)18)7-11(20-14)16(21)19-10-5-8-3-1-2-4-9(8)6-10;1-7(2,10)11-5-4-6(9)8-3/h1-4,7,10,20H,5-6H2,(H,19,21);10H,4-5H2,1-3H3,(H,8,9). The second kappa shape index (κ2) is 10.9. The zero-order valence-electron chi connectivity index (χ0n) is 18.6. The van der Waals surface area contributed by atoms with Crippen molar-refractivity contribution in [1.29, 1.82) is 0 Å². The van der Waals surface area contributed by atoms with Gasteiger partial charge in [-0.2, -0.15) is 0 Å². The molecule has 7 nitrogen and oxygen atoms in total. The van der Waals surface area contributed by atoms with Crippen LogP contribution in [0.1, 0.15) is 41.9 Å². The number of hydrogen-bond donors (Lipinski definition) is 4. The molecular weight excluding hydrogens is 485 g/mol. The highest BCUT2D eigenvalue weighted by Crippen LogP contribution is 2.38. The van der Waals surface area contributed by atoms with Gasteiger partial charge in [0.25, 0.3) is 5.91 Å². The molecule has 1 aliphatic carbocycles. The Hall–Kier alpha value is -2.10. The number of ether oxygens (including phenoxy) is 1. The molecule has 10 heteroatoms. The third-order valence-electron chi connectivity index (χ3n) is 5.07. The van der Waals surface area contributed by atoms with Gasteiger partial charge in [-0.25, -0.2) is 0 Å². The largest absolute Gasteiger partial charge is 0.366 e. The smallest absolute Gasteiger partial charge is 0.267 e. The van der Waals surface area contributed by atoms with Crippen LogP contribution in [0.4, 0.5) is 0 Å². The highest BCUT2D eigenvalue weighted by atomic mass is 35.5. The average Bonchev–Trinajstić information content (AvgIpc) is 3.42. The van der Waals surface area contributed by atoms with E-state index in [1.807, 2.05) is 12.1 Å². The number of rotatable bonds is 6. The first-order valence-electron chi connectivity index (χ1n) is 10.5. The maximum atomic E-state index is 12.4. The van der Waals surface area contributed by atoms with E-state index in [0.717, 1.165) is 23.1 Å². The van der Waals surface area contributed by atoms with Crippen LogP contribution >= 0.6 is 34.5 Å². The summed E-state index contributed by atoms with van der Waals surface area (Å²) in [4.78, 5) is 26.1. The van der Waals surface area contributed by atoms with Crippen molar-refractivity contribution in [3.8, 4) is 0 Å². The lowest BCUT2D eigenvalue weighted by Crippen LogP contribution is -2.35. The SMILES string of the molecule is CNC(=O)CCOC(C)(C)O.O=C(NC1Cc2ccccc2C1)c1cc2sc(Cl)c(Cl)c2[nH]1. The molecule has 2 aromatic heterocycles. The van der Waals surface area contributed by atoms with Crippen LogP contribution in [0.2, 0.25) is 9.36 Å². The Morgan fingerprint density at radius 1 is 1.24 bits per heavy atom. The minimum absolute atomic E-state index is 0.0887. The maximum Gasteiger partial charge on any atom is 0.267 e. The number of aliphatic hydroxyl groups is 1. The predicted octanol–water partition coefficient (Wildman–Crippen LogP) is 4.30. The molecule has 0 aliphatic heterocycles. The Morgan fingerprint density at radius 2 is 1.88 bits per heavy atom. The van der Waals surface area contributed by atoms with E-state index < -0.39 is 5.79 Å². The molecule has 0 fully saturated rings. The summed E-state index contributed by atoms with van der Waals surface area (Å²) in [6, 6.07) is 10.3. The lowest BCUT2D eigenvalue weighted by atomic mass is 10.1. The van der Waals surface area contributed by atoms with Gasteiger partial charge in [0, 0.05) is 13.1 Å². The summed E-state index contributed by atoms with van der Waals surface area (Å²) in [6.07, 6.45) is 2.04. The van der Waals surface area contributed by atoms with E-state index in [1.54, 1.807) is 13.1 Å². The van der Waals surface area contributed by atoms with Crippen LogP contribution in [0, 0.1) is 0 Å². The summed E-state index contributed by atoms with van der Waals surface area (Å²) in [7, 11) is 1.56. The minimum Gasteiger partial charge on any atom is -0.366 e. The van der Waals surface area contributed by atoms with Gasteiger partial charge in [0.2, 0.25) is 5.91 Å². The summed E-state index contributed by atoms with van der Waals surface area (Å²) in [5.74, 6) is -1.34. The Morgan fingerprint density at radius 3 is 2.42 bits per heavy atom. The van der Waals surface area contributed by atoms with Crippen molar-refractivity contribution >= 4 is 56.6 Å². The molecule has 0 bridgehead atoms. The number of hydrogen-bond acceptors (Lipinski definition) is 5. The van der Waals surface area contributed by atoms with Crippen LogP contribution in [-0.2, 0) is 22.4 Å². The van der Waals surface area contributed by atoms with Crippen molar-refractivity contribution in [1.82, 2.24) is 15.6 Å². The monoisotopic (exact) mass is 511 g/mol. The van der Waals surface area contributed by atoms with E-state index in [4.69, 9.17) is 33.0 Å². The van der Waals surface area contributed by atoms with Crippen molar-refractivity contribution in [2.45, 2.75) is 44.9 Å². The van der Waals surface area contributed by atoms with Crippen LogP contribution in [0.3, 0.4) is 0 Å². The topological polar surface area (TPSA) is 103 Å². The maximum absolute atomic E-state index is 12.4. The van der Waals surface area contributed by atoms with Crippen LogP contribution < -0.4 is 10.6 Å². The number of amides is 2. The Bertz CT molecular complexity index is 1110. The number of fused-ring (bicyclic) bond motifs is 2. The van der Waals surface area contributed by atoms with E-state index in [2.05, 4.69) is 27.8 Å². The van der Waals surface area contributed by atoms with E-state index >= 15 is 0 Å². The summed E-state index contributed by atoms with van der Waals surface area (Å²) in [5, 5.41) is 15.1. The fraction of sp³-hybridized carbons (Fsp3) is 0.391. The number of benzene rings is 1. The fourth-order valence-corrected chi connectivity index (χ4v) is 4.96. The molecular formula is C23H27Cl2N3O4S. The van der Waals surface area contributed by atoms with Gasteiger partial charge in [-0.1, -0.05) is 47.5 Å². The molecule has 178 valence electrons. The summed E-state index contributed by atoms with van der Waals surface area (Å²) < 4.78 is 6.34. The first kappa shape index (κ1) is 25.5. The van der Waals surface area contributed by atoms with E-state index in [9.17, 15) is 9.59 Å². The Kier molecular flexibility index (Phi) is 8.42. The Balaban J connectivity index is 0.000000239. The van der Waals surface area contributed by atoms with Crippen LogP contribution in [0.15, 0.2) is 30.3 Å². The van der Waals surface area contributed by atoms with Gasteiger partial charge in [-0.05, 0) is 43.9 Å². The molecule has 33 heavy (non-hydrogen) atoms. The van der Waals surface area contributed by atoms with E-state index in [1.165, 1.54) is 36.3 Å². The second-order valence-corrected chi connectivity index (χ2v) is 10.2. The Labute approximate surface area is 206 Å². The normalized spacial score (nSPS) is 13.4. The molecule has 0 saturated heterocycles. The predicted molar refractivity (Wildman–Crippen MR) is 132 cm³/mol. The van der Waals surface area contributed by atoms with Crippen molar-refractivity contribution in [3.05, 3.63) is 56.5 Å². The van der Waals surface area contributed by atoms with Gasteiger partial charge in [0.15, 0.2) is 5.79 Å². The molecule has 1 aromatic carbocycles. The fourth-order valence-electron chi connectivity index (χ4n) is 3.48. The number of aromatic nitrogens is 1. The number of halogens is 2. The van der Waals surface area contributed by atoms with Gasteiger partial charge < -0.3 is 25.5 Å². The molecule has 3 aromatic rings. The van der Waals surface area contributed by atoms with Crippen molar-refractivity contribution in [2.24, 2.45) is 0 Å². The van der Waals surface area contributed by atoms with Crippen molar-refractivity contribution < 1.29 is 19.4 Å². The van der Waals surface area contributed by atoms with Crippen LogP contribution in [0.5, 0.6) is 0 Å².